The number of aromatic nitrogens is 1. The van der Waals surface area contributed by atoms with Gasteiger partial charge in [0.05, 0.1) is 6.07 Å². The van der Waals surface area contributed by atoms with Gasteiger partial charge in [-0.25, -0.2) is 0 Å². The number of nitrogens with zero attached hydrogens (tertiary/aromatic N) is 3. The van der Waals surface area contributed by atoms with Crippen molar-refractivity contribution in [1.82, 2.24) is 15.2 Å². The molecule has 0 bridgehead atoms. The Balaban J connectivity index is 1.73. The third kappa shape index (κ3) is 4.28. The van der Waals surface area contributed by atoms with E-state index < -0.39 is 0 Å². The predicted octanol–water partition coefficient (Wildman–Crippen LogP) is 0.964. The van der Waals surface area contributed by atoms with E-state index in [4.69, 9.17) is 5.26 Å². The minimum atomic E-state index is -0.168. The fraction of sp³-hybridized carbons (Fsp3) is 0.467. The summed E-state index contributed by atoms with van der Waals surface area (Å²) in [5.74, 6) is 0.0934. The Bertz CT molecular complexity index is 530. The van der Waals surface area contributed by atoms with Gasteiger partial charge in [-0.05, 0) is 30.9 Å². The quantitative estimate of drug-likeness (QED) is 0.893. The molecule has 2 rings (SSSR count). The molecular formula is C15H18N4O2. The van der Waals surface area contributed by atoms with E-state index in [0.29, 0.717) is 31.2 Å². The number of pyridine rings is 1. The van der Waals surface area contributed by atoms with Crippen molar-refractivity contribution in [3.8, 4) is 6.07 Å². The Morgan fingerprint density at radius 1 is 1.38 bits per heavy atom. The van der Waals surface area contributed by atoms with Gasteiger partial charge in [0.15, 0.2) is 0 Å². The lowest BCUT2D eigenvalue weighted by Crippen LogP contribution is -2.41. The number of amides is 2. The fourth-order valence-electron chi connectivity index (χ4n) is 2.39. The Labute approximate surface area is 123 Å². The van der Waals surface area contributed by atoms with Crippen LogP contribution in [0.4, 0.5) is 0 Å². The van der Waals surface area contributed by atoms with Crippen molar-refractivity contribution in [2.24, 2.45) is 5.92 Å². The second-order valence-corrected chi connectivity index (χ2v) is 5.08. The molecule has 0 unspecified atom stereocenters. The SMILES string of the molecule is N#CCC(=O)N1CCC(CNC(=O)c2ccccn2)CC1. The molecule has 0 atom stereocenters. The molecule has 0 spiro atoms. The fourth-order valence-corrected chi connectivity index (χ4v) is 2.39. The van der Waals surface area contributed by atoms with Crippen LogP contribution in [0.15, 0.2) is 24.4 Å². The third-order valence-electron chi connectivity index (χ3n) is 3.65. The molecule has 0 radical (unpaired) electrons. The maximum absolute atomic E-state index is 11.9. The summed E-state index contributed by atoms with van der Waals surface area (Å²) < 4.78 is 0. The van der Waals surface area contributed by atoms with Gasteiger partial charge in [0.25, 0.3) is 5.91 Å². The van der Waals surface area contributed by atoms with Gasteiger partial charge < -0.3 is 10.2 Å². The van der Waals surface area contributed by atoms with Crippen molar-refractivity contribution in [3.63, 3.8) is 0 Å². The zero-order chi connectivity index (χ0) is 15.1. The molecule has 1 N–H and O–H groups in total. The average molecular weight is 286 g/mol. The van der Waals surface area contributed by atoms with Crippen LogP contribution >= 0.6 is 0 Å². The summed E-state index contributed by atoms with van der Waals surface area (Å²) in [6.07, 6.45) is 3.23. The molecule has 1 aliphatic heterocycles. The van der Waals surface area contributed by atoms with Crippen molar-refractivity contribution in [2.45, 2.75) is 19.3 Å². The van der Waals surface area contributed by atoms with Crippen LogP contribution in [-0.2, 0) is 4.79 Å². The average Bonchev–Trinajstić information content (AvgIpc) is 2.54. The van der Waals surface area contributed by atoms with Crippen LogP contribution in [0, 0.1) is 17.2 Å². The van der Waals surface area contributed by atoms with Crippen molar-refractivity contribution in [2.75, 3.05) is 19.6 Å². The molecule has 2 amide bonds. The Hall–Kier alpha value is -2.42. The minimum Gasteiger partial charge on any atom is -0.350 e. The number of nitriles is 1. The van der Waals surface area contributed by atoms with Crippen LogP contribution < -0.4 is 5.32 Å². The lowest BCUT2D eigenvalue weighted by Gasteiger charge is -2.31. The number of carbonyl (C=O) groups excluding carboxylic acids is 2. The molecular weight excluding hydrogens is 268 g/mol. The molecule has 0 saturated carbocycles. The number of carbonyl (C=O) groups is 2. The topological polar surface area (TPSA) is 86.1 Å². The highest BCUT2D eigenvalue weighted by Gasteiger charge is 2.22. The maximum Gasteiger partial charge on any atom is 0.269 e. The number of hydrogen-bond donors (Lipinski definition) is 1. The summed E-state index contributed by atoms with van der Waals surface area (Å²) in [6.45, 7) is 1.91. The highest BCUT2D eigenvalue weighted by atomic mass is 16.2. The van der Waals surface area contributed by atoms with Crippen LogP contribution in [-0.4, -0.2) is 41.3 Å². The standard InChI is InChI=1S/C15H18N4O2/c16-7-4-14(20)19-9-5-12(6-10-19)11-18-15(21)13-3-1-2-8-17-13/h1-3,8,12H,4-6,9-11H2,(H,18,21). The molecule has 6 nitrogen and oxygen atoms in total. The number of piperidine rings is 1. The highest BCUT2D eigenvalue weighted by Crippen LogP contribution is 2.17. The minimum absolute atomic E-state index is 0.0545. The Morgan fingerprint density at radius 2 is 2.14 bits per heavy atom. The van der Waals surface area contributed by atoms with Crippen LogP contribution in [0.1, 0.15) is 29.8 Å². The van der Waals surface area contributed by atoms with E-state index in [1.54, 1.807) is 29.3 Å². The van der Waals surface area contributed by atoms with Gasteiger partial charge in [-0.15, -0.1) is 0 Å². The number of hydrogen-bond acceptors (Lipinski definition) is 4. The van der Waals surface area contributed by atoms with Gasteiger partial charge in [0, 0.05) is 25.8 Å². The van der Waals surface area contributed by atoms with Crippen molar-refractivity contribution in [1.29, 1.82) is 5.26 Å². The van der Waals surface area contributed by atoms with Gasteiger partial charge in [-0.3, -0.25) is 14.6 Å². The number of nitrogens with one attached hydrogen (secondary N) is 1. The smallest absolute Gasteiger partial charge is 0.269 e. The number of rotatable bonds is 4. The summed E-state index contributed by atoms with van der Waals surface area (Å²) in [4.78, 5) is 29.2. The van der Waals surface area contributed by atoms with Crippen LogP contribution in [0.25, 0.3) is 0 Å². The van der Waals surface area contributed by atoms with Gasteiger partial charge in [0.2, 0.25) is 5.91 Å². The van der Waals surface area contributed by atoms with E-state index in [1.807, 2.05) is 6.07 Å². The van der Waals surface area contributed by atoms with Gasteiger partial charge in [-0.1, -0.05) is 6.07 Å². The molecule has 21 heavy (non-hydrogen) atoms. The summed E-state index contributed by atoms with van der Waals surface area (Å²) in [6, 6.07) is 7.11. The molecule has 1 aromatic heterocycles. The monoisotopic (exact) mass is 286 g/mol. The van der Waals surface area contributed by atoms with Crippen molar-refractivity contribution in [3.05, 3.63) is 30.1 Å². The largest absolute Gasteiger partial charge is 0.350 e. The molecule has 1 aromatic rings. The van der Waals surface area contributed by atoms with Gasteiger partial charge in [0.1, 0.15) is 12.1 Å². The summed E-state index contributed by atoms with van der Waals surface area (Å²) in [7, 11) is 0. The summed E-state index contributed by atoms with van der Waals surface area (Å²) in [5, 5.41) is 11.4. The first-order valence-electron chi connectivity index (χ1n) is 7.04. The molecule has 0 aliphatic carbocycles. The van der Waals surface area contributed by atoms with E-state index >= 15 is 0 Å². The van der Waals surface area contributed by atoms with Crippen LogP contribution in [0.2, 0.25) is 0 Å². The van der Waals surface area contributed by atoms with E-state index in [0.717, 1.165) is 12.8 Å². The zero-order valence-corrected chi connectivity index (χ0v) is 11.8. The molecule has 110 valence electrons. The third-order valence-corrected chi connectivity index (χ3v) is 3.65. The zero-order valence-electron chi connectivity index (χ0n) is 11.8. The Kier molecular flexibility index (Phi) is 5.27. The molecule has 6 heteroatoms. The summed E-state index contributed by atoms with van der Waals surface area (Å²) in [5.41, 5.74) is 0.416. The summed E-state index contributed by atoms with van der Waals surface area (Å²) >= 11 is 0. The molecule has 1 aliphatic rings. The lowest BCUT2D eigenvalue weighted by molar-refractivity contribution is -0.131. The Morgan fingerprint density at radius 3 is 2.76 bits per heavy atom. The van der Waals surface area contributed by atoms with Crippen LogP contribution in [0.5, 0.6) is 0 Å². The van der Waals surface area contributed by atoms with Crippen LogP contribution in [0.3, 0.4) is 0 Å². The molecule has 0 aromatic carbocycles. The van der Waals surface area contributed by atoms with E-state index in [1.165, 1.54) is 0 Å². The van der Waals surface area contributed by atoms with Crippen molar-refractivity contribution >= 4 is 11.8 Å². The van der Waals surface area contributed by atoms with Crippen molar-refractivity contribution < 1.29 is 9.59 Å². The van der Waals surface area contributed by atoms with Gasteiger partial charge in [-0.2, -0.15) is 5.26 Å². The first-order valence-corrected chi connectivity index (χ1v) is 7.04. The second kappa shape index (κ2) is 7.39. The lowest BCUT2D eigenvalue weighted by atomic mass is 9.96. The first kappa shape index (κ1) is 15.0. The number of likely N-dealkylation sites (tertiary alicyclic amines) is 1. The maximum atomic E-state index is 11.9. The van der Waals surface area contributed by atoms with E-state index in [2.05, 4.69) is 10.3 Å². The van der Waals surface area contributed by atoms with E-state index in [-0.39, 0.29) is 18.2 Å². The van der Waals surface area contributed by atoms with E-state index in [9.17, 15) is 9.59 Å². The molecule has 1 saturated heterocycles. The second-order valence-electron chi connectivity index (χ2n) is 5.08. The highest BCUT2D eigenvalue weighted by molar-refractivity contribution is 5.92. The van der Waals surface area contributed by atoms with Gasteiger partial charge >= 0.3 is 0 Å². The predicted molar refractivity (Wildman–Crippen MR) is 76.1 cm³/mol. The normalized spacial score (nSPS) is 15.3. The molecule has 1 fully saturated rings. The first-order chi connectivity index (χ1) is 10.2. The molecule has 2 heterocycles.